The van der Waals surface area contributed by atoms with E-state index in [1.165, 1.54) is 11.3 Å². The Bertz CT molecular complexity index is 752. The lowest BCUT2D eigenvalue weighted by atomic mass is 9.89. The van der Waals surface area contributed by atoms with Gasteiger partial charge in [0, 0.05) is 26.2 Å². The fourth-order valence-corrected chi connectivity index (χ4v) is 4.50. The third kappa shape index (κ3) is 8.24. The van der Waals surface area contributed by atoms with Crippen LogP contribution in [0.3, 0.4) is 0 Å². The molecule has 0 aromatic carbocycles. The molecule has 2 rings (SSSR count). The Labute approximate surface area is 197 Å². The third-order valence-corrected chi connectivity index (χ3v) is 6.39. The van der Waals surface area contributed by atoms with E-state index in [1.54, 1.807) is 4.90 Å². The highest BCUT2D eigenvalue weighted by molar-refractivity contribution is 5.82. The molecule has 0 bridgehead atoms. The summed E-state index contributed by atoms with van der Waals surface area (Å²) >= 11 is 0. The standard InChI is InChI=1S/C24H37N5O4/c1-24(2,3)33-23(32)28-11-9-19(10-12-28)16-29(17-30)21(14-26)20(13-25)22(31)27-15-18-7-5-4-6-8-18/h17-21H,4-12,15-16H2,1-3H3,(H,27,31). The molecule has 182 valence electrons. The first-order valence-corrected chi connectivity index (χ1v) is 11.9. The molecule has 9 heteroatoms. The van der Waals surface area contributed by atoms with Gasteiger partial charge in [-0.05, 0) is 58.3 Å². The number of nitriles is 2. The minimum Gasteiger partial charge on any atom is -0.444 e. The fourth-order valence-electron chi connectivity index (χ4n) is 4.50. The molecule has 1 N–H and O–H groups in total. The number of carbonyl (C=O) groups excluding carboxylic acids is 3. The molecule has 0 radical (unpaired) electrons. The van der Waals surface area contributed by atoms with Crippen LogP contribution in [0.2, 0.25) is 0 Å². The van der Waals surface area contributed by atoms with Crippen LogP contribution in [0.5, 0.6) is 0 Å². The molecule has 1 heterocycles. The van der Waals surface area contributed by atoms with Gasteiger partial charge in [0.15, 0.2) is 5.92 Å². The van der Waals surface area contributed by atoms with Gasteiger partial charge in [-0.15, -0.1) is 0 Å². The molecule has 1 aliphatic carbocycles. The second-order valence-electron chi connectivity index (χ2n) is 10.1. The van der Waals surface area contributed by atoms with Crippen LogP contribution in [-0.4, -0.2) is 66.0 Å². The Hall–Kier alpha value is -2.81. The molecular weight excluding hydrogens is 422 g/mol. The van der Waals surface area contributed by atoms with Crippen LogP contribution in [0.25, 0.3) is 0 Å². The van der Waals surface area contributed by atoms with Gasteiger partial charge >= 0.3 is 6.09 Å². The van der Waals surface area contributed by atoms with Gasteiger partial charge < -0.3 is 19.9 Å². The summed E-state index contributed by atoms with van der Waals surface area (Å²) in [6.07, 6.45) is 7.11. The molecule has 2 atom stereocenters. The van der Waals surface area contributed by atoms with Crippen molar-refractivity contribution < 1.29 is 19.1 Å². The summed E-state index contributed by atoms with van der Waals surface area (Å²) in [4.78, 5) is 39.6. The summed E-state index contributed by atoms with van der Waals surface area (Å²) in [5.74, 6) is -1.28. The average molecular weight is 460 g/mol. The van der Waals surface area contributed by atoms with Crippen LogP contribution >= 0.6 is 0 Å². The summed E-state index contributed by atoms with van der Waals surface area (Å²) in [5, 5.41) is 22.1. The molecule has 0 spiro atoms. The Morgan fingerprint density at radius 3 is 2.24 bits per heavy atom. The van der Waals surface area contributed by atoms with E-state index in [0.29, 0.717) is 44.8 Å². The van der Waals surface area contributed by atoms with Gasteiger partial charge in [-0.25, -0.2) is 4.79 Å². The molecule has 0 aromatic heterocycles. The van der Waals surface area contributed by atoms with Crippen molar-refractivity contribution >= 4 is 18.4 Å². The summed E-state index contributed by atoms with van der Waals surface area (Å²) in [6.45, 7) is 7.20. The molecule has 9 nitrogen and oxygen atoms in total. The second kappa shape index (κ2) is 12.4. The van der Waals surface area contributed by atoms with Crippen LogP contribution < -0.4 is 5.32 Å². The maximum Gasteiger partial charge on any atom is 0.410 e. The Morgan fingerprint density at radius 2 is 1.73 bits per heavy atom. The minimum absolute atomic E-state index is 0.0642. The summed E-state index contributed by atoms with van der Waals surface area (Å²) in [6, 6.07) is 2.77. The predicted octanol–water partition coefficient (Wildman–Crippen LogP) is 2.82. The largest absolute Gasteiger partial charge is 0.444 e. The fraction of sp³-hybridized carbons (Fsp3) is 0.792. The van der Waals surface area contributed by atoms with Gasteiger partial charge in [-0.2, -0.15) is 10.5 Å². The number of ether oxygens (including phenoxy) is 1. The van der Waals surface area contributed by atoms with Crippen molar-refractivity contribution in [3.8, 4) is 12.1 Å². The van der Waals surface area contributed by atoms with Gasteiger partial charge in [0.25, 0.3) is 0 Å². The number of piperidine rings is 1. The smallest absolute Gasteiger partial charge is 0.410 e. The number of nitrogens with one attached hydrogen (secondary N) is 1. The summed E-state index contributed by atoms with van der Waals surface area (Å²) in [5.41, 5.74) is -0.563. The first-order valence-electron chi connectivity index (χ1n) is 11.9. The highest BCUT2D eigenvalue weighted by atomic mass is 16.6. The zero-order chi connectivity index (χ0) is 24.4. The van der Waals surface area contributed by atoms with E-state index >= 15 is 0 Å². The molecular formula is C24H37N5O4. The lowest BCUT2D eigenvalue weighted by molar-refractivity contribution is -0.127. The van der Waals surface area contributed by atoms with Crippen LogP contribution in [0.4, 0.5) is 4.79 Å². The average Bonchev–Trinajstić information content (AvgIpc) is 2.79. The molecule has 0 aromatic rings. The topological polar surface area (TPSA) is 127 Å². The van der Waals surface area contributed by atoms with E-state index in [2.05, 4.69) is 5.32 Å². The van der Waals surface area contributed by atoms with Gasteiger partial charge in [-0.3, -0.25) is 9.59 Å². The first kappa shape index (κ1) is 26.4. The normalized spacial score (nSPS) is 19.5. The first-order chi connectivity index (χ1) is 15.7. The molecule has 1 saturated carbocycles. The van der Waals surface area contributed by atoms with Crippen molar-refractivity contribution in [3.05, 3.63) is 0 Å². The molecule has 2 aliphatic rings. The monoisotopic (exact) mass is 459 g/mol. The molecule has 1 saturated heterocycles. The van der Waals surface area contributed by atoms with Crippen molar-refractivity contribution in [3.63, 3.8) is 0 Å². The SMILES string of the molecule is CC(C)(C)OC(=O)N1CCC(CN(C=O)C(C#N)C(C#N)C(=O)NCC2CCCCC2)CC1. The van der Waals surface area contributed by atoms with E-state index < -0.39 is 23.5 Å². The third-order valence-electron chi connectivity index (χ3n) is 6.39. The Balaban J connectivity index is 1.90. The predicted molar refractivity (Wildman–Crippen MR) is 121 cm³/mol. The van der Waals surface area contributed by atoms with Gasteiger partial charge in [-0.1, -0.05) is 19.3 Å². The zero-order valence-corrected chi connectivity index (χ0v) is 20.1. The van der Waals surface area contributed by atoms with Crippen LogP contribution in [0.1, 0.15) is 65.7 Å². The van der Waals surface area contributed by atoms with E-state index in [9.17, 15) is 24.9 Å². The Kier molecular flexibility index (Phi) is 9.96. The van der Waals surface area contributed by atoms with Crippen molar-refractivity contribution in [2.75, 3.05) is 26.2 Å². The van der Waals surface area contributed by atoms with E-state index in [1.807, 2.05) is 32.9 Å². The lowest BCUT2D eigenvalue weighted by Gasteiger charge is -2.36. The van der Waals surface area contributed by atoms with E-state index in [0.717, 1.165) is 25.7 Å². The summed E-state index contributed by atoms with van der Waals surface area (Å²) in [7, 11) is 0. The summed E-state index contributed by atoms with van der Waals surface area (Å²) < 4.78 is 5.41. The number of carbonyl (C=O) groups is 3. The maximum atomic E-state index is 12.7. The number of hydrogen-bond acceptors (Lipinski definition) is 6. The maximum absolute atomic E-state index is 12.7. The molecule has 2 fully saturated rings. The highest BCUT2D eigenvalue weighted by Crippen LogP contribution is 2.24. The lowest BCUT2D eigenvalue weighted by Crippen LogP contribution is -2.49. The van der Waals surface area contributed by atoms with Gasteiger partial charge in [0.2, 0.25) is 12.3 Å². The van der Waals surface area contributed by atoms with E-state index in [4.69, 9.17) is 4.74 Å². The van der Waals surface area contributed by atoms with Crippen LogP contribution in [-0.2, 0) is 14.3 Å². The number of nitrogens with zero attached hydrogens (tertiary/aromatic N) is 4. The van der Waals surface area contributed by atoms with Gasteiger partial charge in [0.05, 0.1) is 12.1 Å². The quantitative estimate of drug-likeness (QED) is 0.556. The second-order valence-corrected chi connectivity index (χ2v) is 10.1. The van der Waals surface area contributed by atoms with Crippen molar-refractivity contribution in [2.24, 2.45) is 17.8 Å². The molecule has 3 amide bonds. The van der Waals surface area contributed by atoms with Crippen molar-refractivity contribution in [1.29, 1.82) is 10.5 Å². The van der Waals surface area contributed by atoms with E-state index in [-0.39, 0.29) is 18.6 Å². The highest BCUT2D eigenvalue weighted by Gasteiger charge is 2.35. The number of likely N-dealkylation sites (tertiary alicyclic amines) is 1. The molecule has 1 aliphatic heterocycles. The number of rotatable bonds is 8. The van der Waals surface area contributed by atoms with Gasteiger partial charge in [0.1, 0.15) is 11.6 Å². The number of hydrogen-bond donors (Lipinski definition) is 1. The van der Waals surface area contributed by atoms with Crippen molar-refractivity contribution in [2.45, 2.75) is 77.4 Å². The minimum atomic E-state index is -1.24. The van der Waals surface area contributed by atoms with Crippen molar-refractivity contribution in [1.82, 2.24) is 15.1 Å². The molecule has 33 heavy (non-hydrogen) atoms. The van der Waals surface area contributed by atoms with Crippen LogP contribution in [0.15, 0.2) is 0 Å². The number of amides is 3. The van der Waals surface area contributed by atoms with Crippen LogP contribution in [0, 0.1) is 40.4 Å². The zero-order valence-electron chi connectivity index (χ0n) is 20.1. The Morgan fingerprint density at radius 1 is 1.09 bits per heavy atom. The molecule has 2 unspecified atom stereocenters.